The fourth-order valence-electron chi connectivity index (χ4n) is 2.93. The summed E-state index contributed by atoms with van der Waals surface area (Å²) < 4.78 is 0.893. The number of rotatable bonds is 5. The zero-order valence-corrected chi connectivity index (χ0v) is 13.8. The minimum absolute atomic E-state index is 0.0812. The lowest BCUT2D eigenvalue weighted by Gasteiger charge is -2.34. The van der Waals surface area contributed by atoms with Gasteiger partial charge in [0.25, 0.3) is 0 Å². The number of benzene rings is 1. The summed E-state index contributed by atoms with van der Waals surface area (Å²) in [5, 5.41) is 13.8. The van der Waals surface area contributed by atoms with Crippen molar-refractivity contribution in [3.05, 3.63) is 33.3 Å². The predicted octanol–water partition coefficient (Wildman–Crippen LogP) is 3.24. The molecule has 3 nitrogen and oxygen atoms in total. The molecule has 0 aromatic heterocycles. The van der Waals surface area contributed by atoms with E-state index in [9.17, 15) is 5.11 Å². The number of hydrogen-bond donors (Lipinski definition) is 3. The maximum Gasteiger partial charge on any atom is 0.0551 e. The van der Waals surface area contributed by atoms with Gasteiger partial charge in [-0.05, 0) is 52.4 Å². The molecule has 1 aliphatic carbocycles. The van der Waals surface area contributed by atoms with Gasteiger partial charge in [0.1, 0.15) is 0 Å². The Labute approximate surface area is 134 Å². The first-order chi connectivity index (χ1) is 9.65. The van der Waals surface area contributed by atoms with E-state index in [1.807, 2.05) is 18.2 Å². The molecule has 0 bridgehead atoms. The number of nitrogens with one attached hydrogen (secondary N) is 1. The van der Waals surface area contributed by atoms with Crippen molar-refractivity contribution in [2.75, 3.05) is 13.2 Å². The largest absolute Gasteiger partial charge is 0.396 e. The normalized spacial score (nSPS) is 24.6. The van der Waals surface area contributed by atoms with Gasteiger partial charge in [0, 0.05) is 29.7 Å². The standard InChI is InChI=1S/C15H22BrClN2O/c16-12-6-5-10(7-13(12)17)15(8-18)19-14-4-2-1-3-11(14)9-20/h5-7,11,14-15,19-20H,1-4,8-9,18H2. The number of halogens is 2. The summed E-state index contributed by atoms with van der Waals surface area (Å²) in [4.78, 5) is 0. The SMILES string of the molecule is NCC(NC1CCCCC1CO)c1ccc(Br)c(Cl)c1. The first kappa shape index (κ1) is 16.2. The summed E-state index contributed by atoms with van der Waals surface area (Å²) in [6.07, 6.45) is 4.62. The molecule has 0 aliphatic heterocycles. The average Bonchev–Trinajstić information content (AvgIpc) is 2.48. The third-order valence-corrected chi connectivity index (χ3v) is 5.37. The molecular formula is C15H22BrClN2O. The van der Waals surface area contributed by atoms with Gasteiger partial charge in [0.15, 0.2) is 0 Å². The van der Waals surface area contributed by atoms with Gasteiger partial charge in [-0.15, -0.1) is 0 Å². The maximum atomic E-state index is 9.50. The Bertz CT molecular complexity index is 444. The second kappa shape index (κ2) is 7.76. The van der Waals surface area contributed by atoms with E-state index in [0.717, 1.165) is 22.9 Å². The second-order valence-electron chi connectivity index (χ2n) is 5.46. The van der Waals surface area contributed by atoms with Crippen molar-refractivity contribution >= 4 is 27.5 Å². The van der Waals surface area contributed by atoms with E-state index in [-0.39, 0.29) is 12.6 Å². The molecule has 0 saturated heterocycles. The molecule has 3 atom stereocenters. The van der Waals surface area contributed by atoms with Crippen LogP contribution in [0.1, 0.15) is 37.3 Å². The van der Waals surface area contributed by atoms with Gasteiger partial charge in [-0.2, -0.15) is 0 Å². The van der Waals surface area contributed by atoms with Crippen molar-refractivity contribution in [3.8, 4) is 0 Å². The van der Waals surface area contributed by atoms with Crippen LogP contribution >= 0.6 is 27.5 Å². The molecule has 3 unspecified atom stereocenters. The Kier molecular flexibility index (Phi) is 6.30. The zero-order valence-electron chi connectivity index (χ0n) is 11.5. The van der Waals surface area contributed by atoms with E-state index in [0.29, 0.717) is 23.5 Å². The summed E-state index contributed by atoms with van der Waals surface area (Å²) in [6, 6.07) is 6.36. The van der Waals surface area contributed by atoms with Crippen molar-refractivity contribution in [1.82, 2.24) is 5.32 Å². The molecule has 1 aliphatic rings. The Hall–Kier alpha value is -0.130. The molecule has 112 valence electrons. The Morgan fingerprint density at radius 3 is 2.80 bits per heavy atom. The summed E-state index contributed by atoms with van der Waals surface area (Å²) in [5.74, 6) is 0.337. The van der Waals surface area contributed by atoms with Crippen LogP contribution in [0.25, 0.3) is 0 Å². The molecule has 1 fully saturated rings. The van der Waals surface area contributed by atoms with Crippen LogP contribution in [0.3, 0.4) is 0 Å². The fourth-order valence-corrected chi connectivity index (χ4v) is 3.37. The molecule has 0 radical (unpaired) electrons. The molecule has 0 heterocycles. The van der Waals surface area contributed by atoms with Crippen LogP contribution in [-0.2, 0) is 0 Å². The van der Waals surface area contributed by atoms with Gasteiger partial charge in [-0.25, -0.2) is 0 Å². The molecule has 4 N–H and O–H groups in total. The van der Waals surface area contributed by atoms with Gasteiger partial charge in [0.05, 0.1) is 5.02 Å². The highest BCUT2D eigenvalue weighted by molar-refractivity contribution is 9.10. The minimum atomic E-state index is 0.0812. The first-order valence-corrected chi connectivity index (χ1v) is 8.34. The predicted molar refractivity (Wildman–Crippen MR) is 86.9 cm³/mol. The molecule has 5 heteroatoms. The van der Waals surface area contributed by atoms with Gasteiger partial charge in [-0.3, -0.25) is 0 Å². The molecule has 0 amide bonds. The van der Waals surface area contributed by atoms with E-state index < -0.39 is 0 Å². The van der Waals surface area contributed by atoms with Crippen LogP contribution in [0, 0.1) is 5.92 Å². The van der Waals surface area contributed by atoms with Crippen molar-refractivity contribution in [3.63, 3.8) is 0 Å². The highest BCUT2D eigenvalue weighted by Gasteiger charge is 2.26. The topological polar surface area (TPSA) is 58.3 Å². The maximum absolute atomic E-state index is 9.50. The van der Waals surface area contributed by atoms with Crippen molar-refractivity contribution in [2.45, 2.75) is 37.8 Å². The van der Waals surface area contributed by atoms with E-state index in [2.05, 4.69) is 21.2 Å². The highest BCUT2D eigenvalue weighted by Crippen LogP contribution is 2.29. The van der Waals surface area contributed by atoms with Gasteiger partial charge < -0.3 is 16.2 Å². The van der Waals surface area contributed by atoms with E-state index in [1.165, 1.54) is 12.8 Å². The summed E-state index contributed by atoms with van der Waals surface area (Å²) >= 11 is 9.56. The van der Waals surface area contributed by atoms with Crippen molar-refractivity contribution in [1.29, 1.82) is 0 Å². The zero-order chi connectivity index (χ0) is 14.5. The Balaban J connectivity index is 2.09. The van der Waals surface area contributed by atoms with Crippen LogP contribution < -0.4 is 11.1 Å². The molecule has 1 saturated carbocycles. The van der Waals surface area contributed by atoms with Crippen LogP contribution in [-0.4, -0.2) is 24.3 Å². The van der Waals surface area contributed by atoms with Crippen molar-refractivity contribution in [2.24, 2.45) is 11.7 Å². The van der Waals surface area contributed by atoms with Crippen LogP contribution in [0.2, 0.25) is 5.02 Å². The molecule has 2 rings (SSSR count). The second-order valence-corrected chi connectivity index (χ2v) is 6.72. The summed E-state index contributed by atoms with van der Waals surface area (Å²) in [7, 11) is 0. The lowest BCUT2D eigenvalue weighted by molar-refractivity contribution is 0.146. The fraction of sp³-hybridized carbons (Fsp3) is 0.600. The number of aliphatic hydroxyl groups is 1. The van der Waals surface area contributed by atoms with Gasteiger partial charge in [-0.1, -0.05) is 30.5 Å². The number of hydrogen-bond acceptors (Lipinski definition) is 3. The first-order valence-electron chi connectivity index (χ1n) is 7.17. The Morgan fingerprint density at radius 2 is 2.15 bits per heavy atom. The number of nitrogens with two attached hydrogens (primary N) is 1. The lowest BCUT2D eigenvalue weighted by atomic mass is 9.84. The highest BCUT2D eigenvalue weighted by atomic mass is 79.9. The van der Waals surface area contributed by atoms with Gasteiger partial charge in [0.2, 0.25) is 0 Å². The summed E-state index contributed by atoms with van der Waals surface area (Å²) in [5.41, 5.74) is 7.02. The molecular weight excluding hydrogens is 340 g/mol. The number of aliphatic hydroxyl groups excluding tert-OH is 1. The van der Waals surface area contributed by atoms with E-state index in [4.69, 9.17) is 17.3 Å². The van der Waals surface area contributed by atoms with Crippen molar-refractivity contribution < 1.29 is 5.11 Å². The molecule has 0 spiro atoms. The third-order valence-electron chi connectivity index (χ3n) is 4.14. The monoisotopic (exact) mass is 360 g/mol. The smallest absolute Gasteiger partial charge is 0.0551 e. The Morgan fingerprint density at radius 1 is 1.40 bits per heavy atom. The summed E-state index contributed by atoms with van der Waals surface area (Å²) in [6.45, 7) is 0.767. The van der Waals surface area contributed by atoms with E-state index in [1.54, 1.807) is 0 Å². The molecule has 1 aromatic rings. The van der Waals surface area contributed by atoms with Gasteiger partial charge >= 0.3 is 0 Å². The minimum Gasteiger partial charge on any atom is -0.396 e. The average molecular weight is 362 g/mol. The van der Waals surface area contributed by atoms with Crippen LogP contribution in [0.5, 0.6) is 0 Å². The van der Waals surface area contributed by atoms with E-state index >= 15 is 0 Å². The molecule has 20 heavy (non-hydrogen) atoms. The third kappa shape index (κ3) is 3.95. The van der Waals surface area contributed by atoms with Crippen LogP contribution in [0.15, 0.2) is 22.7 Å². The molecule has 1 aromatic carbocycles. The lowest BCUT2D eigenvalue weighted by Crippen LogP contribution is -2.44. The van der Waals surface area contributed by atoms with Crippen LogP contribution in [0.4, 0.5) is 0 Å². The quantitative estimate of drug-likeness (QED) is 0.754.